The summed E-state index contributed by atoms with van der Waals surface area (Å²) in [6.07, 6.45) is -0.583. The van der Waals surface area contributed by atoms with Crippen molar-refractivity contribution in [2.24, 2.45) is 0 Å². The minimum Gasteiger partial charge on any atom is -0.475 e. The molecule has 0 spiro atoms. The molecule has 2 aliphatic carbocycles. The molecule has 0 saturated carbocycles. The standard InChI is InChI=1S/C13H12O.C2HF3O2/c14-13-11-7-3-1-5-9(11)10-6-2-4-8-12(10)13;3-2(4,5)1(6)7/h1,3,5,7H,2,4,6,8H2;(H,6,7). The molecule has 0 aromatic heterocycles. The molecule has 0 heterocycles. The molecule has 0 atom stereocenters. The number of hydrogen-bond acceptors (Lipinski definition) is 2. The van der Waals surface area contributed by atoms with Gasteiger partial charge in [-0.15, -0.1) is 0 Å². The summed E-state index contributed by atoms with van der Waals surface area (Å²) in [5.74, 6) is -2.47. The van der Waals surface area contributed by atoms with E-state index in [2.05, 4.69) is 6.07 Å². The molecule has 1 aromatic rings. The first-order valence-electron chi connectivity index (χ1n) is 6.48. The van der Waals surface area contributed by atoms with Crippen molar-refractivity contribution in [1.29, 1.82) is 0 Å². The van der Waals surface area contributed by atoms with Crippen LogP contribution in [0.5, 0.6) is 0 Å². The van der Waals surface area contributed by atoms with E-state index >= 15 is 0 Å². The summed E-state index contributed by atoms with van der Waals surface area (Å²) < 4.78 is 31.7. The van der Waals surface area contributed by atoms with Crippen molar-refractivity contribution in [3.8, 4) is 0 Å². The molecule has 2 aliphatic rings. The number of carboxylic acids is 1. The number of rotatable bonds is 0. The molecule has 1 aromatic carbocycles. The lowest BCUT2D eigenvalue weighted by Crippen LogP contribution is -2.21. The number of allylic oxidation sites excluding steroid dienone is 2. The van der Waals surface area contributed by atoms with Crippen LogP contribution in [0, 0.1) is 0 Å². The summed E-state index contributed by atoms with van der Waals surface area (Å²) in [5, 5.41) is 7.12. The average Bonchev–Trinajstić information content (AvgIpc) is 2.73. The van der Waals surface area contributed by atoms with Crippen LogP contribution >= 0.6 is 0 Å². The molecule has 6 heteroatoms. The first-order chi connectivity index (χ1) is 9.82. The number of halogens is 3. The van der Waals surface area contributed by atoms with Crippen LogP contribution in [0.1, 0.15) is 41.6 Å². The monoisotopic (exact) mass is 298 g/mol. The summed E-state index contributed by atoms with van der Waals surface area (Å²) in [7, 11) is 0. The Morgan fingerprint density at radius 3 is 2.00 bits per heavy atom. The highest BCUT2D eigenvalue weighted by Gasteiger charge is 2.38. The third-order valence-corrected chi connectivity index (χ3v) is 3.48. The van der Waals surface area contributed by atoms with Crippen LogP contribution in [0.25, 0.3) is 5.57 Å². The third kappa shape index (κ3) is 3.15. The lowest BCUT2D eigenvalue weighted by Gasteiger charge is -2.12. The second kappa shape index (κ2) is 5.71. The summed E-state index contributed by atoms with van der Waals surface area (Å²) in [5.41, 5.74) is 4.56. The molecule has 0 unspecified atom stereocenters. The zero-order valence-corrected chi connectivity index (χ0v) is 11.0. The number of Topliss-reactive ketones (excluding diaryl/α,β-unsaturated/α-hetero) is 1. The van der Waals surface area contributed by atoms with E-state index in [1.807, 2.05) is 18.2 Å². The van der Waals surface area contributed by atoms with Crippen molar-refractivity contribution < 1.29 is 27.9 Å². The summed E-state index contributed by atoms with van der Waals surface area (Å²) in [4.78, 5) is 20.9. The van der Waals surface area contributed by atoms with Crippen LogP contribution in [-0.4, -0.2) is 23.0 Å². The quantitative estimate of drug-likeness (QED) is 0.791. The number of hydrogen-bond donors (Lipinski definition) is 1. The minimum atomic E-state index is -5.08. The smallest absolute Gasteiger partial charge is 0.475 e. The maximum Gasteiger partial charge on any atom is 0.490 e. The van der Waals surface area contributed by atoms with Crippen molar-refractivity contribution in [1.82, 2.24) is 0 Å². The van der Waals surface area contributed by atoms with Crippen molar-refractivity contribution in [3.63, 3.8) is 0 Å². The molecule has 0 bridgehead atoms. The number of aliphatic carboxylic acids is 1. The predicted molar refractivity (Wildman–Crippen MR) is 69.9 cm³/mol. The van der Waals surface area contributed by atoms with Crippen molar-refractivity contribution in [2.45, 2.75) is 31.9 Å². The highest BCUT2D eigenvalue weighted by Crippen LogP contribution is 2.40. The number of benzene rings is 1. The van der Waals surface area contributed by atoms with Gasteiger partial charge in [0.1, 0.15) is 0 Å². The van der Waals surface area contributed by atoms with Gasteiger partial charge in [-0.2, -0.15) is 13.2 Å². The van der Waals surface area contributed by atoms with Crippen LogP contribution in [-0.2, 0) is 4.79 Å². The fraction of sp³-hybridized carbons (Fsp3) is 0.333. The van der Waals surface area contributed by atoms with E-state index in [4.69, 9.17) is 9.90 Å². The Labute approximate surface area is 119 Å². The molecule has 0 radical (unpaired) electrons. The predicted octanol–water partition coefficient (Wildman–Crippen LogP) is 3.84. The largest absolute Gasteiger partial charge is 0.490 e. The normalized spacial score (nSPS) is 16.8. The van der Waals surface area contributed by atoms with E-state index in [9.17, 15) is 18.0 Å². The number of fused-ring (bicyclic) bond motifs is 2. The number of carbonyl (C=O) groups excluding carboxylic acids is 1. The number of carbonyl (C=O) groups is 2. The Kier molecular flexibility index (Phi) is 4.16. The van der Waals surface area contributed by atoms with Gasteiger partial charge in [-0.25, -0.2) is 4.79 Å². The molecular formula is C15H13F3O3. The van der Waals surface area contributed by atoms with Gasteiger partial charge in [0, 0.05) is 11.1 Å². The topological polar surface area (TPSA) is 54.4 Å². The van der Waals surface area contributed by atoms with E-state index in [1.54, 1.807) is 0 Å². The van der Waals surface area contributed by atoms with Gasteiger partial charge in [-0.05, 0) is 36.8 Å². The molecule has 0 aliphatic heterocycles. The van der Waals surface area contributed by atoms with Gasteiger partial charge >= 0.3 is 12.1 Å². The maximum absolute atomic E-state index is 12.0. The third-order valence-electron chi connectivity index (χ3n) is 3.48. The maximum atomic E-state index is 12.0. The van der Waals surface area contributed by atoms with Gasteiger partial charge in [0.05, 0.1) is 0 Å². The number of alkyl halides is 3. The second-order valence-electron chi connectivity index (χ2n) is 4.84. The summed E-state index contributed by atoms with van der Waals surface area (Å²) in [6.45, 7) is 0. The minimum absolute atomic E-state index is 0.287. The molecule has 3 rings (SSSR count). The second-order valence-corrected chi connectivity index (χ2v) is 4.84. The van der Waals surface area contributed by atoms with Crippen molar-refractivity contribution in [3.05, 3.63) is 41.0 Å². The molecule has 0 amide bonds. The van der Waals surface area contributed by atoms with Crippen LogP contribution in [0.2, 0.25) is 0 Å². The van der Waals surface area contributed by atoms with Gasteiger partial charge in [0.15, 0.2) is 5.78 Å². The Hall–Kier alpha value is -2.11. The van der Waals surface area contributed by atoms with Crippen molar-refractivity contribution in [2.75, 3.05) is 0 Å². The molecule has 21 heavy (non-hydrogen) atoms. The van der Waals surface area contributed by atoms with Gasteiger partial charge in [0.2, 0.25) is 0 Å². The highest BCUT2D eigenvalue weighted by molar-refractivity contribution is 6.20. The zero-order valence-electron chi connectivity index (χ0n) is 11.0. The summed E-state index contributed by atoms with van der Waals surface area (Å²) in [6, 6.07) is 8.02. The lowest BCUT2D eigenvalue weighted by molar-refractivity contribution is -0.192. The fourth-order valence-electron chi connectivity index (χ4n) is 2.56. The number of ketones is 1. The first-order valence-corrected chi connectivity index (χ1v) is 6.48. The molecule has 0 fully saturated rings. The van der Waals surface area contributed by atoms with Crippen molar-refractivity contribution >= 4 is 17.3 Å². The van der Waals surface area contributed by atoms with Gasteiger partial charge in [-0.1, -0.05) is 24.3 Å². The molecular weight excluding hydrogens is 285 g/mol. The molecule has 1 N–H and O–H groups in total. The Morgan fingerprint density at radius 1 is 1.00 bits per heavy atom. The Morgan fingerprint density at radius 2 is 1.48 bits per heavy atom. The van der Waals surface area contributed by atoms with Gasteiger partial charge < -0.3 is 5.11 Å². The molecule has 112 valence electrons. The van der Waals surface area contributed by atoms with E-state index in [1.165, 1.54) is 24.0 Å². The fourth-order valence-corrected chi connectivity index (χ4v) is 2.56. The van der Waals surface area contributed by atoms with E-state index in [0.29, 0.717) is 0 Å². The van der Waals surface area contributed by atoms with E-state index in [-0.39, 0.29) is 5.78 Å². The van der Waals surface area contributed by atoms with E-state index < -0.39 is 12.1 Å². The molecule has 0 saturated heterocycles. The summed E-state index contributed by atoms with van der Waals surface area (Å²) >= 11 is 0. The highest BCUT2D eigenvalue weighted by atomic mass is 19.4. The molecule has 3 nitrogen and oxygen atoms in total. The SMILES string of the molecule is O=C(O)C(F)(F)F.O=C1C2=C(CCCC2)c2ccccc21. The Balaban J connectivity index is 0.000000199. The van der Waals surface area contributed by atoms with Gasteiger partial charge in [-0.3, -0.25) is 4.79 Å². The lowest BCUT2D eigenvalue weighted by atomic mass is 9.92. The Bertz CT molecular complexity index is 615. The average molecular weight is 298 g/mol. The van der Waals surface area contributed by atoms with E-state index in [0.717, 1.165) is 24.0 Å². The van der Waals surface area contributed by atoms with Crippen LogP contribution in [0.3, 0.4) is 0 Å². The van der Waals surface area contributed by atoms with Crippen LogP contribution in [0.4, 0.5) is 13.2 Å². The number of carboxylic acid groups (broad SMARTS) is 1. The van der Waals surface area contributed by atoms with Gasteiger partial charge in [0.25, 0.3) is 0 Å². The zero-order chi connectivity index (χ0) is 15.6. The first kappa shape index (κ1) is 15.3. The van der Waals surface area contributed by atoms with Crippen LogP contribution in [0.15, 0.2) is 29.8 Å². The van der Waals surface area contributed by atoms with Crippen LogP contribution < -0.4 is 0 Å².